The number of aromatic nitrogens is 2. The zero-order valence-electron chi connectivity index (χ0n) is 10.5. The molecule has 6 heteroatoms. The van der Waals surface area contributed by atoms with Crippen LogP contribution in [0.15, 0.2) is 12.4 Å². The molecule has 0 saturated carbocycles. The van der Waals surface area contributed by atoms with Crippen LogP contribution in [0.4, 0.5) is 11.6 Å². The van der Waals surface area contributed by atoms with E-state index in [4.69, 9.17) is 0 Å². The van der Waals surface area contributed by atoms with Crippen LogP contribution < -0.4 is 10.6 Å². The molecule has 94 valence electrons. The first-order chi connectivity index (χ1) is 8.17. The Morgan fingerprint density at radius 3 is 2.53 bits per heavy atom. The average molecular weight is 237 g/mol. The number of hydrogen-bond acceptors (Lipinski definition) is 5. The van der Waals surface area contributed by atoms with E-state index in [1.54, 1.807) is 18.0 Å². The van der Waals surface area contributed by atoms with E-state index < -0.39 is 0 Å². The second-order valence-electron chi connectivity index (χ2n) is 3.58. The number of carbonyl (C=O) groups is 1. The number of hydrogen-bond donors (Lipinski definition) is 2. The average Bonchev–Trinajstić information content (AvgIpc) is 2.36. The monoisotopic (exact) mass is 237 g/mol. The SMILES string of the molecule is CCNc1cc(NCC(=O)N(C)CC)ncn1. The molecular formula is C11H19N5O. The molecule has 0 saturated heterocycles. The number of rotatable bonds is 6. The van der Waals surface area contributed by atoms with Crippen molar-refractivity contribution in [1.82, 2.24) is 14.9 Å². The summed E-state index contributed by atoms with van der Waals surface area (Å²) < 4.78 is 0. The minimum Gasteiger partial charge on any atom is -0.370 e. The second kappa shape index (κ2) is 6.67. The van der Waals surface area contributed by atoms with Crippen LogP contribution in [-0.2, 0) is 4.79 Å². The predicted octanol–water partition coefficient (Wildman–Crippen LogP) is 0.799. The van der Waals surface area contributed by atoms with Crippen molar-refractivity contribution in [3.8, 4) is 0 Å². The summed E-state index contributed by atoms with van der Waals surface area (Å²) in [6.45, 7) is 5.68. The van der Waals surface area contributed by atoms with E-state index in [1.165, 1.54) is 6.33 Å². The van der Waals surface area contributed by atoms with Crippen LogP contribution in [0.2, 0.25) is 0 Å². The van der Waals surface area contributed by atoms with Crippen LogP contribution in [-0.4, -0.2) is 47.5 Å². The van der Waals surface area contributed by atoms with Gasteiger partial charge < -0.3 is 15.5 Å². The summed E-state index contributed by atoms with van der Waals surface area (Å²) in [5.74, 6) is 1.44. The zero-order chi connectivity index (χ0) is 12.7. The van der Waals surface area contributed by atoms with Crippen molar-refractivity contribution in [1.29, 1.82) is 0 Å². The van der Waals surface area contributed by atoms with E-state index in [9.17, 15) is 4.79 Å². The van der Waals surface area contributed by atoms with Gasteiger partial charge in [0.05, 0.1) is 6.54 Å². The molecule has 0 fully saturated rings. The molecule has 0 aliphatic rings. The fraction of sp³-hybridized carbons (Fsp3) is 0.545. The molecule has 0 aliphatic heterocycles. The molecular weight excluding hydrogens is 218 g/mol. The third-order valence-corrected chi connectivity index (χ3v) is 2.35. The lowest BCUT2D eigenvalue weighted by molar-refractivity contribution is -0.127. The lowest BCUT2D eigenvalue weighted by Gasteiger charge is -2.15. The Kier molecular flexibility index (Phi) is 5.19. The minimum absolute atomic E-state index is 0.0381. The van der Waals surface area contributed by atoms with E-state index in [0.717, 1.165) is 12.4 Å². The van der Waals surface area contributed by atoms with Crippen LogP contribution in [0.25, 0.3) is 0 Å². The number of nitrogens with one attached hydrogen (secondary N) is 2. The van der Waals surface area contributed by atoms with E-state index in [0.29, 0.717) is 12.4 Å². The summed E-state index contributed by atoms with van der Waals surface area (Å²) >= 11 is 0. The molecule has 0 unspecified atom stereocenters. The highest BCUT2D eigenvalue weighted by molar-refractivity contribution is 5.80. The summed E-state index contributed by atoms with van der Waals surface area (Å²) in [4.78, 5) is 21.3. The fourth-order valence-electron chi connectivity index (χ4n) is 1.21. The molecule has 17 heavy (non-hydrogen) atoms. The Labute approximate surface area is 101 Å². The Balaban J connectivity index is 2.51. The van der Waals surface area contributed by atoms with Crippen molar-refractivity contribution in [2.45, 2.75) is 13.8 Å². The van der Waals surface area contributed by atoms with Crippen LogP contribution in [0.3, 0.4) is 0 Å². The Morgan fingerprint density at radius 2 is 1.94 bits per heavy atom. The van der Waals surface area contributed by atoms with E-state index in [-0.39, 0.29) is 12.5 Å². The standard InChI is InChI=1S/C11H19N5O/c1-4-12-9-6-10(15-8-14-9)13-7-11(17)16(3)5-2/h6,8H,4-5,7H2,1-3H3,(H2,12,13,14,15). The first kappa shape index (κ1) is 13.2. The highest BCUT2D eigenvalue weighted by Gasteiger charge is 2.06. The molecule has 0 aliphatic carbocycles. The van der Waals surface area contributed by atoms with Gasteiger partial charge in [-0.2, -0.15) is 0 Å². The van der Waals surface area contributed by atoms with Crippen molar-refractivity contribution < 1.29 is 4.79 Å². The fourth-order valence-corrected chi connectivity index (χ4v) is 1.21. The smallest absolute Gasteiger partial charge is 0.241 e. The van der Waals surface area contributed by atoms with Gasteiger partial charge in [0, 0.05) is 26.2 Å². The van der Waals surface area contributed by atoms with Crippen molar-refractivity contribution in [3.63, 3.8) is 0 Å². The molecule has 0 aromatic carbocycles. The Bertz CT molecular complexity index is 369. The molecule has 1 heterocycles. The second-order valence-corrected chi connectivity index (χ2v) is 3.58. The number of carbonyl (C=O) groups excluding carboxylic acids is 1. The van der Waals surface area contributed by atoms with Crippen molar-refractivity contribution in [3.05, 3.63) is 12.4 Å². The Hall–Kier alpha value is -1.85. The highest BCUT2D eigenvalue weighted by Crippen LogP contribution is 2.07. The number of nitrogens with zero attached hydrogens (tertiary/aromatic N) is 3. The van der Waals surface area contributed by atoms with Gasteiger partial charge in [0.25, 0.3) is 0 Å². The third kappa shape index (κ3) is 4.26. The van der Waals surface area contributed by atoms with Gasteiger partial charge in [-0.15, -0.1) is 0 Å². The minimum atomic E-state index is 0.0381. The zero-order valence-corrected chi connectivity index (χ0v) is 10.5. The quantitative estimate of drug-likeness (QED) is 0.765. The lowest BCUT2D eigenvalue weighted by atomic mass is 10.4. The van der Waals surface area contributed by atoms with Crippen molar-refractivity contribution in [2.75, 3.05) is 37.3 Å². The van der Waals surface area contributed by atoms with E-state index >= 15 is 0 Å². The molecule has 6 nitrogen and oxygen atoms in total. The van der Waals surface area contributed by atoms with E-state index in [2.05, 4.69) is 20.6 Å². The van der Waals surface area contributed by atoms with Crippen LogP contribution in [0.5, 0.6) is 0 Å². The maximum atomic E-state index is 11.6. The van der Waals surface area contributed by atoms with Gasteiger partial charge in [0.15, 0.2) is 0 Å². The number of amides is 1. The predicted molar refractivity (Wildman–Crippen MR) is 68.0 cm³/mol. The van der Waals surface area contributed by atoms with Crippen LogP contribution in [0.1, 0.15) is 13.8 Å². The lowest BCUT2D eigenvalue weighted by Crippen LogP contribution is -2.32. The largest absolute Gasteiger partial charge is 0.370 e. The summed E-state index contributed by atoms with van der Waals surface area (Å²) in [6.07, 6.45) is 1.47. The van der Waals surface area contributed by atoms with Crippen LogP contribution in [0, 0.1) is 0 Å². The maximum Gasteiger partial charge on any atom is 0.241 e. The molecule has 1 aromatic heterocycles. The summed E-state index contributed by atoms with van der Waals surface area (Å²) in [5, 5.41) is 6.06. The molecule has 0 bridgehead atoms. The molecule has 1 rings (SSSR count). The molecule has 1 amide bonds. The van der Waals surface area contributed by atoms with Crippen LogP contribution >= 0.6 is 0 Å². The maximum absolute atomic E-state index is 11.6. The molecule has 1 aromatic rings. The third-order valence-electron chi connectivity index (χ3n) is 2.35. The first-order valence-electron chi connectivity index (χ1n) is 5.71. The summed E-state index contributed by atoms with van der Waals surface area (Å²) in [7, 11) is 1.77. The topological polar surface area (TPSA) is 70.2 Å². The van der Waals surface area contributed by atoms with Crippen molar-refractivity contribution >= 4 is 17.5 Å². The van der Waals surface area contributed by atoms with Gasteiger partial charge in [-0.3, -0.25) is 4.79 Å². The van der Waals surface area contributed by atoms with E-state index in [1.807, 2.05) is 13.8 Å². The first-order valence-corrected chi connectivity index (χ1v) is 5.71. The summed E-state index contributed by atoms with van der Waals surface area (Å²) in [5.41, 5.74) is 0. The van der Waals surface area contributed by atoms with Gasteiger partial charge in [0.2, 0.25) is 5.91 Å². The van der Waals surface area contributed by atoms with Gasteiger partial charge in [-0.25, -0.2) is 9.97 Å². The molecule has 0 radical (unpaired) electrons. The molecule has 0 atom stereocenters. The normalized spacial score (nSPS) is 9.82. The molecule has 0 spiro atoms. The van der Waals surface area contributed by atoms with Gasteiger partial charge >= 0.3 is 0 Å². The van der Waals surface area contributed by atoms with Crippen molar-refractivity contribution in [2.24, 2.45) is 0 Å². The number of anilines is 2. The highest BCUT2D eigenvalue weighted by atomic mass is 16.2. The van der Waals surface area contributed by atoms with Gasteiger partial charge in [-0.1, -0.05) is 0 Å². The summed E-state index contributed by atoms with van der Waals surface area (Å²) in [6, 6.07) is 1.78. The Morgan fingerprint density at radius 1 is 1.29 bits per heavy atom. The molecule has 2 N–H and O–H groups in total. The number of likely N-dealkylation sites (N-methyl/N-ethyl adjacent to an activating group) is 1. The van der Waals surface area contributed by atoms with Gasteiger partial charge in [0.1, 0.15) is 18.0 Å². The van der Waals surface area contributed by atoms with Gasteiger partial charge in [-0.05, 0) is 13.8 Å².